The lowest BCUT2D eigenvalue weighted by Crippen LogP contribution is -2.44. The van der Waals surface area contributed by atoms with Gasteiger partial charge in [-0.05, 0) is 63.0 Å². The quantitative estimate of drug-likeness (QED) is 0.752. The fourth-order valence-electron chi connectivity index (χ4n) is 5.08. The molecule has 2 N–H and O–H groups in total. The van der Waals surface area contributed by atoms with E-state index in [4.69, 9.17) is 4.74 Å². The number of anilines is 1. The average molecular weight is 414 g/mol. The molecule has 0 aromatic heterocycles. The molecule has 2 amide bonds. The molecule has 30 heavy (non-hydrogen) atoms. The van der Waals surface area contributed by atoms with Crippen LogP contribution in [0.15, 0.2) is 24.3 Å². The van der Waals surface area contributed by atoms with Crippen LogP contribution in [0.5, 0.6) is 0 Å². The number of carbonyl (C=O) groups excluding carboxylic acids is 2. The maximum Gasteiger partial charge on any atom is 0.223 e. The van der Waals surface area contributed by atoms with Gasteiger partial charge < -0.3 is 20.3 Å². The van der Waals surface area contributed by atoms with Gasteiger partial charge in [0.05, 0.1) is 0 Å². The molecule has 0 bridgehead atoms. The van der Waals surface area contributed by atoms with Crippen molar-refractivity contribution in [1.82, 2.24) is 10.6 Å². The van der Waals surface area contributed by atoms with E-state index >= 15 is 0 Å². The van der Waals surface area contributed by atoms with Gasteiger partial charge >= 0.3 is 0 Å². The molecule has 1 saturated carbocycles. The molecule has 1 aliphatic carbocycles. The zero-order valence-electron chi connectivity index (χ0n) is 17.9. The molecule has 2 aliphatic heterocycles. The maximum atomic E-state index is 12.6. The van der Waals surface area contributed by atoms with Gasteiger partial charge in [0, 0.05) is 56.4 Å². The summed E-state index contributed by atoms with van der Waals surface area (Å²) in [6.45, 7) is 3.99. The number of amides is 2. The number of aryl methyl sites for hydroxylation is 1. The molecule has 2 heterocycles. The highest BCUT2D eigenvalue weighted by molar-refractivity contribution is 5.80. The SMILES string of the molecule is O=C(NCCN1CCCc2ccccc21)C1CCC(NC(=O)C2CCOCC2)CC1. The molecular formula is C24H35N3O3. The highest BCUT2D eigenvalue weighted by Crippen LogP contribution is 2.27. The Morgan fingerprint density at radius 1 is 0.967 bits per heavy atom. The Kier molecular flexibility index (Phi) is 7.26. The normalized spacial score (nSPS) is 24.7. The molecule has 0 atom stereocenters. The molecular weight excluding hydrogens is 378 g/mol. The monoisotopic (exact) mass is 413 g/mol. The molecule has 0 spiro atoms. The van der Waals surface area contributed by atoms with Crippen LogP contribution in [0.2, 0.25) is 0 Å². The predicted octanol–water partition coefficient (Wildman–Crippen LogP) is 2.66. The molecule has 2 fully saturated rings. The van der Waals surface area contributed by atoms with Crippen LogP contribution in [-0.2, 0) is 20.7 Å². The number of hydrogen-bond acceptors (Lipinski definition) is 4. The van der Waals surface area contributed by atoms with E-state index < -0.39 is 0 Å². The summed E-state index contributed by atoms with van der Waals surface area (Å²) in [5, 5.41) is 6.37. The number of para-hydroxylation sites is 1. The van der Waals surface area contributed by atoms with Crippen molar-refractivity contribution >= 4 is 17.5 Å². The summed E-state index contributed by atoms with van der Waals surface area (Å²) in [6.07, 6.45) is 7.48. The number of ether oxygens (including phenoxy) is 1. The molecule has 1 aromatic rings. The zero-order chi connectivity index (χ0) is 20.8. The Hall–Kier alpha value is -2.08. The van der Waals surface area contributed by atoms with E-state index in [9.17, 15) is 9.59 Å². The van der Waals surface area contributed by atoms with Gasteiger partial charge in [0.1, 0.15) is 0 Å². The second-order valence-corrected chi connectivity index (χ2v) is 8.95. The maximum absolute atomic E-state index is 12.6. The fourth-order valence-corrected chi connectivity index (χ4v) is 5.08. The Morgan fingerprint density at radius 2 is 1.70 bits per heavy atom. The molecule has 4 rings (SSSR count). The first-order valence-corrected chi connectivity index (χ1v) is 11.7. The smallest absolute Gasteiger partial charge is 0.223 e. The van der Waals surface area contributed by atoms with Gasteiger partial charge in [-0.15, -0.1) is 0 Å². The van der Waals surface area contributed by atoms with Gasteiger partial charge in [0.25, 0.3) is 0 Å². The van der Waals surface area contributed by atoms with Gasteiger partial charge in [0.15, 0.2) is 0 Å². The van der Waals surface area contributed by atoms with Crippen LogP contribution >= 0.6 is 0 Å². The molecule has 3 aliphatic rings. The number of hydrogen-bond donors (Lipinski definition) is 2. The lowest BCUT2D eigenvalue weighted by molar-refractivity contribution is -0.129. The Balaban J connectivity index is 1.16. The lowest BCUT2D eigenvalue weighted by atomic mass is 9.85. The van der Waals surface area contributed by atoms with Gasteiger partial charge in [-0.1, -0.05) is 18.2 Å². The van der Waals surface area contributed by atoms with Gasteiger partial charge in [-0.2, -0.15) is 0 Å². The van der Waals surface area contributed by atoms with Crippen LogP contribution in [0.25, 0.3) is 0 Å². The van der Waals surface area contributed by atoms with Crippen LogP contribution in [0.4, 0.5) is 5.69 Å². The van der Waals surface area contributed by atoms with E-state index in [1.54, 1.807) is 0 Å². The third-order valence-electron chi connectivity index (χ3n) is 6.92. The standard InChI is InChI=1S/C24H35N3O3/c28-23(25-13-15-27-14-3-5-18-4-1-2-6-22(18)27)19-7-9-21(10-8-19)26-24(29)20-11-16-30-17-12-20/h1-2,4,6,19-21H,3,5,7-17H2,(H,25,28)(H,26,29). The number of fused-ring (bicyclic) bond motifs is 1. The van der Waals surface area contributed by atoms with E-state index in [2.05, 4.69) is 39.8 Å². The van der Waals surface area contributed by atoms with Crippen LogP contribution in [0, 0.1) is 11.8 Å². The third kappa shape index (κ3) is 5.34. The number of rotatable bonds is 6. The van der Waals surface area contributed by atoms with Crippen molar-refractivity contribution < 1.29 is 14.3 Å². The van der Waals surface area contributed by atoms with Crippen molar-refractivity contribution in [2.45, 2.75) is 57.4 Å². The molecule has 1 saturated heterocycles. The number of nitrogens with zero attached hydrogens (tertiary/aromatic N) is 1. The summed E-state index contributed by atoms with van der Waals surface area (Å²) in [4.78, 5) is 27.4. The van der Waals surface area contributed by atoms with Crippen molar-refractivity contribution in [3.8, 4) is 0 Å². The molecule has 6 heteroatoms. The average Bonchev–Trinajstić information content (AvgIpc) is 2.80. The van der Waals surface area contributed by atoms with Gasteiger partial charge in [0.2, 0.25) is 11.8 Å². The van der Waals surface area contributed by atoms with Crippen molar-refractivity contribution in [3.63, 3.8) is 0 Å². The van der Waals surface area contributed by atoms with Gasteiger partial charge in [-0.3, -0.25) is 9.59 Å². The van der Waals surface area contributed by atoms with Crippen molar-refractivity contribution in [3.05, 3.63) is 29.8 Å². The summed E-state index contributed by atoms with van der Waals surface area (Å²) in [6, 6.07) is 8.81. The summed E-state index contributed by atoms with van der Waals surface area (Å²) in [5.74, 6) is 0.525. The molecule has 164 valence electrons. The number of benzene rings is 1. The predicted molar refractivity (Wildman–Crippen MR) is 117 cm³/mol. The van der Waals surface area contributed by atoms with E-state index in [-0.39, 0.29) is 29.7 Å². The van der Waals surface area contributed by atoms with Crippen LogP contribution < -0.4 is 15.5 Å². The third-order valence-corrected chi connectivity index (χ3v) is 6.92. The van der Waals surface area contributed by atoms with E-state index in [1.165, 1.54) is 17.7 Å². The second kappa shape index (κ2) is 10.3. The summed E-state index contributed by atoms with van der Waals surface area (Å²) in [7, 11) is 0. The minimum absolute atomic E-state index is 0.0786. The summed E-state index contributed by atoms with van der Waals surface area (Å²) >= 11 is 0. The fraction of sp³-hybridized carbons (Fsp3) is 0.667. The summed E-state index contributed by atoms with van der Waals surface area (Å²) < 4.78 is 5.34. The number of carbonyl (C=O) groups is 2. The van der Waals surface area contributed by atoms with Gasteiger partial charge in [-0.25, -0.2) is 0 Å². The molecule has 0 radical (unpaired) electrons. The highest BCUT2D eigenvalue weighted by Gasteiger charge is 2.29. The highest BCUT2D eigenvalue weighted by atomic mass is 16.5. The van der Waals surface area contributed by atoms with Crippen LogP contribution in [0.3, 0.4) is 0 Å². The first-order chi connectivity index (χ1) is 14.7. The minimum atomic E-state index is 0.0786. The first kappa shape index (κ1) is 21.2. The van der Waals surface area contributed by atoms with Crippen molar-refractivity contribution in [1.29, 1.82) is 0 Å². The van der Waals surface area contributed by atoms with Crippen LogP contribution in [-0.4, -0.2) is 50.7 Å². The van der Waals surface area contributed by atoms with Crippen molar-refractivity contribution in [2.24, 2.45) is 11.8 Å². The molecule has 1 aromatic carbocycles. The van der Waals surface area contributed by atoms with Crippen LogP contribution in [0.1, 0.15) is 50.5 Å². The Bertz CT molecular complexity index is 724. The molecule has 6 nitrogen and oxygen atoms in total. The van der Waals surface area contributed by atoms with Crippen molar-refractivity contribution in [2.75, 3.05) is 37.7 Å². The van der Waals surface area contributed by atoms with E-state index in [1.807, 2.05) is 0 Å². The summed E-state index contributed by atoms with van der Waals surface area (Å²) in [5.41, 5.74) is 2.73. The lowest BCUT2D eigenvalue weighted by Gasteiger charge is -2.32. The van der Waals surface area contributed by atoms with E-state index in [0.717, 1.165) is 58.0 Å². The minimum Gasteiger partial charge on any atom is -0.381 e. The van der Waals surface area contributed by atoms with E-state index in [0.29, 0.717) is 19.8 Å². The topological polar surface area (TPSA) is 70.7 Å². The second-order valence-electron chi connectivity index (χ2n) is 8.95. The Morgan fingerprint density at radius 3 is 2.50 bits per heavy atom. The zero-order valence-corrected chi connectivity index (χ0v) is 17.9. The largest absolute Gasteiger partial charge is 0.381 e. The first-order valence-electron chi connectivity index (χ1n) is 11.7. The Labute approximate surface area is 179 Å². The molecule has 0 unspecified atom stereocenters. The number of nitrogens with one attached hydrogen (secondary N) is 2.